The fraction of sp³-hybridized carbons (Fsp3) is 0.385. The lowest BCUT2D eigenvalue weighted by Gasteiger charge is -2.25. The Hall–Kier alpha value is -1.39. The Balaban J connectivity index is 1.91. The molecule has 1 aromatic carbocycles. The molecule has 4 nitrogen and oxygen atoms in total. The third-order valence-corrected chi connectivity index (χ3v) is 3.41. The molecule has 2 aromatic rings. The molecule has 0 N–H and O–H groups in total. The summed E-state index contributed by atoms with van der Waals surface area (Å²) in [6, 6.07) is 8.35. The molecule has 96 valence electrons. The van der Waals surface area contributed by atoms with Crippen LogP contribution in [0.3, 0.4) is 0 Å². The minimum absolute atomic E-state index is 0.353. The Morgan fingerprint density at radius 2 is 2.06 bits per heavy atom. The Kier molecular flexibility index (Phi) is 4.33. The lowest BCUT2D eigenvalue weighted by atomic mass is 10.1. The molecule has 0 spiro atoms. The predicted octanol–water partition coefficient (Wildman–Crippen LogP) is 2.62. The molecule has 2 rings (SSSR count). The summed E-state index contributed by atoms with van der Waals surface area (Å²) in [5.41, 5.74) is 1.26. The van der Waals surface area contributed by atoms with E-state index in [9.17, 15) is 0 Å². The van der Waals surface area contributed by atoms with Crippen LogP contribution >= 0.6 is 11.6 Å². The molecule has 0 saturated heterocycles. The number of hydrogen-bond donors (Lipinski definition) is 0. The zero-order valence-electron chi connectivity index (χ0n) is 10.6. The van der Waals surface area contributed by atoms with Crippen LogP contribution < -0.4 is 0 Å². The van der Waals surface area contributed by atoms with E-state index in [4.69, 9.17) is 11.6 Å². The largest absolute Gasteiger partial charge is 0.298 e. The van der Waals surface area contributed by atoms with E-state index >= 15 is 0 Å². The number of halogens is 1. The van der Waals surface area contributed by atoms with Crippen molar-refractivity contribution >= 4 is 11.6 Å². The summed E-state index contributed by atoms with van der Waals surface area (Å²) in [6.07, 6.45) is 3.30. The molecule has 0 aliphatic rings. The lowest BCUT2D eigenvalue weighted by Crippen LogP contribution is -2.26. The van der Waals surface area contributed by atoms with Gasteiger partial charge in [-0.2, -0.15) is 5.10 Å². The van der Waals surface area contributed by atoms with Crippen molar-refractivity contribution in [1.29, 1.82) is 0 Å². The van der Waals surface area contributed by atoms with Crippen LogP contribution in [0.1, 0.15) is 18.5 Å². The first-order chi connectivity index (χ1) is 8.66. The van der Waals surface area contributed by atoms with Crippen molar-refractivity contribution in [3.05, 3.63) is 47.5 Å². The molecule has 18 heavy (non-hydrogen) atoms. The van der Waals surface area contributed by atoms with Crippen LogP contribution in [0, 0.1) is 0 Å². The second-order valence-corrected chi connectivity index (χ2v) is 4.80. The van der Waals surface area contributed by atoms with E-state index in [-0.39, 0.29) is 0 Å². The fourth-order valence-corrected chi connectivity index (χ4v) is 1.92. The van der Waals surface area contributed by atoms with Crippen molar-refractivity contribution in [2.45, 2.75) is 19.5 Å². The van der Waals surface area contributed by atoms with Crippen molar-refractivity contribution < 1.29 is 0 Å². The van der Waals surface area contributed by atoms with Crippen molar-refractivity contribution in [2.75, 3.05) is 13.6 Å². The summed E-state index contributed by atoms with van der Waals surface area (Å²) in [4.78, 5) is 6.21. The van der Waals surface area contributed by atoms with Gasteiger partial charge in [-0.3, -0.25) is 9.58 Å². The second-order valence-electron chi connectivity index (χ2n) is 4.37. The van der Waals surface area contributed by atoms with Gasteiger partial charge >= 0.3 is 0 Å². The summed E-state index contributed by atoms with van der Waals surface area (Å²) in [5.74, 6) is 0. The normalized spacial score (nSPS) is 12.9. The monoisotopic (exact) mass is 264 g/mol. The van der Waals surface area contributed by atoms with Gasteiger partial charge in [-0.25, -0.2) is 4.98 Å². The average molecular weight is 265 g/mol. The maximum absolute atomic E-state index is 5.89. The quantitative estimate of drug-likeness (QED) is 0.833. The summed E-state index contributed by atoms with van der Waals surface area (Å²) in [7, 11) is 2.11. The molecule has 0 bridgehead atoms. The number of nitrogens with zero attached hydrogens (tertiary/aromatic N) is 4. The minimum atomic E-state index is 0.353. The zero-order chi connectivity index (χ0) is 13.0. The number of benzene rings is 1. The van der Waals surface area contributed by atoms with Gasteiger partial charge in [0.2, 0.25) is 0 Å². The highest BCUT2D eigenvalue weighted by Crippen LogP contribution is 2.20. The number of likely N-dealkylation sites (N-methyl/N-ethyl adjacent to an activating group) is 1. The maximum Gasteiger partial charge on any atom is 0.137 e. The zero-order valence-corrected chi connectivity index (χ0v) is 11.4. The number of rotatable bonds is 5. The van der Waals surface area contributed by atoms with E-state index in [0.29, 0.717) is 6.04 Å². The Bertz CT molecular complexity index is 466. The van der Waals surface area contributed by atoms with Gasteiger partial charge < -0.3 is 0 Å². The second kappa shape index (κ2) is 5.98. The van der Waals surface area contributed by atoms with Crippen LogP contribution in [0.15, 0.2) is 36.9 Å². The topological polar surface area (TPSA) is 34.0 Å². The fourth-order valence-electron chi connectivity index (χ4n) is 1.80. The van der Waals surface area contributed by atoms with E-state index in [1.807, 2.05) is 16.8 Å². The summed E-state index contributed by atoms with van der Waals surface area (Å²) in [5, 5.41) is 4.87. The molecule has 1 atom stereocenters. The van der Waals surface area contributed by atoms with Gasteiger partial charge in [0.05, 0.1) is 6.54 Å². The smallest absolute Gasteiger partial charge is 0.137 e. The Morgan fingerprint density at radius 1 is 1.33 bits per heavy atom. The molecule has 0 fully saturated rings. The van der Waals surface area contributed by atoms with Gasteiger partial charge in [0.1, 0.15) is 12.7 Å². The molecule has 0 aliphatic carbocycles. The molecule has 0 aliphatic heterocycles. The first kappa shape index (κ1) is 13.1. The first-order valence-corrected chi connectivity index (χ1v) is 6.33. The average Bonchev–Trinajstić information content (AvgIpc) is 2.89. The van der Waals surface area contributed by atoms with Crippen molar-refractivity contribution in [1.82, 2.24) is 19.7 Å². The molecule has 0 radical (unpaired) electrons. The highest BCUT2D eigenvalue weighted by Gasteiger charge is 2.11. The van der Waals surface area contributed by atoms with E-state index in [1.54, 1.807) is 12.7 Å². The van der Waals surface area contributed by atoms with Crippen LogP contribution in [-0.4, -0.2) is 33.3 Å². The van der Waals surface area contributed by atoms with E-state index in [1.165, 1.54) is 5.56 Å². The Morgan fingerprint density at radius 3 is 2.67 bits per heavy atom. The van der Waals surface area contributed by atoms with Gasteiger partial charge in [-0.05, 0) is 31.7 Å². The van der Waals surface area contributed by atoms with Gasteiger partial charge in [-0.15, -0.1) is 0 Å². The molecule has 5 heteroatoms. The highest BCUT2D eigenvalue weighted by atomic mass is 35.5. The van der Waals surface area contributed by atoms with E-state index < -0.39 is 0 Å². The van der Waals surface area contributed by atoms with Crippen LogP contribution in [0.25, 0.3) is 0 Å². The highest BCUT2D eigenvalue weighted by molar-refractivity contribution is 6.30. The molecular weight excluding hydrogens is 248 g/mol. The van der Waals surface area contributed by atoms with E-state index in [2.05, 4.69) is 41.1 Å². The summed E-state index contributed by atoms with van der Waals surface area (Å²) in [6.45, 7) is 3.95. The van der Waals surface area contributed by atoms with Crippen LogP contribution in [0.4, 0.5) is 0 Å². The molecule has 0 saturated carbocycles. The first-order valence-electron chi connectivity index (χ1n) is 5.95. The predicted molar refractivity (Wildman–Crippen MR) is 72.5 cm³/mol. The third-order valence-electron chi connectivity index (χ3n) is 3.16. The van der Waals surface area contributed by atoms with Crippen LogP contribution in [-0.2, 0) is 6.54 Å². The van der Waals surface area contributed by atoms with Crippen molar-refractivity contribution in [2.24, 2.45) is 0 Å². The number of hydrogen-bond acceptors (Lipinski definition) is 3. The molecule has 0 amide bonds. The minimum Gasteiger partial charge on any atom is -0.298 e. The van der Waals surface area contributed by atoms with Crippen molar-refractivity contribution in [3.63, 3.8) is 0 Å². The van der Waals surface area contributed by atoms with Gasteiger partial charge in [-0.1, -0.05) is 23.7 Å². The standard InChI is InChI=1S/C13H17ClN4/c1-11(12-3-5-13(14)6-4-12)17(2)7-8-18-10-15-9-16-18/h3-6,9-11H,7-8H2,1-2H3/t11-/m0/s1. The summed E-state index contributed by atoms with van der Waals surface area (Å²) < 4.78 is 1.84. The SMILES string of the molecule is C[C@@H](c1ccc(Cl)cc1)N(C)CCn1cncn1. The molecule has 0 unspecified atom stereocenters. The van der Waals surface area contributed by atoms with Gasteiger partial charge in [0, 0.05) is 17.6 Å². The lowest BCUT2D eigenvalue weighted by molar-refractivity contribution is 0.247. The van der Waals surface area contributed by atoms with Gasteiger partial charge in [0.15, 0.2) is 0 Å². The maximum atomic E-state index is 5.89. The third kappa shape index (κ3) is 3.31. The van der Waals surface area contributed by atoms with Crippen LogP contribution in [0.2, 0.25) is 5.02 Å². The van der Waals surface area contributed by atoms with Gasteiger partial charge in [0.25, 0.3) is 0 Å². The summed E-state index contributed by atoms with van der Waals surface area (Å²) >= 11 is 5.89. The Labute approximate surface area is 112 Å². The molecule has 1 aromatic heterocycles. The van der Waals surface area contributed by atoms with E-state index in [0.717, 1.165) is 18.1 Å². The van der Waals surface area contributed by atoms with Crippen LogP contribution in [0.5, 0.6) is 0 Å². The number of aromatic nitrogens is 3. The van der Waals surface area contributed by atoms with Crippen molar-refractivity contribution in [3.8, 4) is 0 Å². The molecule has 1 heterocycles. The molecular formula is C13H17ClN4.